The lowest BCUT2D eigenvalue weighted by molar-refractivity contribution is 0.552. The van der Waals surface area contributed by atoms with Gasteiger partial charge in [-0.1, -0.05) is 43.3 Å². The second-order valence-electron chi connectivity index (χ2n) is 3.52. The van der Waals surface area contributed by atoms with Crippen molar-refractivity contribution in [3.63, 3.8) is 0 Å². The lowest BCUT2D eigenvalue weighted by Crippen LogP contribution is -2.31. The molecule has 1 heteroatoms. The maximum Gasteiger partial charge on any atom is 0.0226 e. The molecule has 0 saturated heterocycles. The maximum absolute atomic E-state index is 3.89. The van der Waals surface area contributed by atoms with Gasteiger partial charge in [-0.3, -0.25) is 0 Å². The maximum atomic E-state index is 3.89. The average Bonchev–Trinajstić information content (AvgIpc) is 2.19. The van der Waals surface area contributed by atoms with E-state index >= 15 is 0 Å². The Balaban J connectivity index is 2.95. The van der Waals surface area contributed by atoms with Crippen molar-refractivity contribution in [3.05, 3.63) is 48.6 Å². The van der Waals surface area contributed by atoms with E-state index in [4.69, 9.17) is 0 Å². The Kier molecular flexibility index (Phi) is 3.26. The van der Waals surface area contributed by atoms with E-state index in [0.717, 1.165) is 6.54 Å². The van der Waals surface area contributed by atoms with E-state index in [9.17, 15) is 0 Å². The fourth-order valence-electron chi connectivity index (χ4n) is 1.48. The van der Waals surface area contributed by atoms with Crippen molar-refractivity contribution in [2.45, 2.75) is 12.3 Å². The zero-order valence-electron chi connectivity index (χ0n) is 8.38. The molecule has 70 valence electrons. The Morgan fingerprint density at radius 3 is 2.46 bits per heavy atom. The van der Waals surface area contributed by atoms with E-state index in [1.807, 2.05) is 19.2 Å². The van der Waals surface area contributed by atoms with Crippen LogP contribution in [-0.4, -0.2) is 13.6 Å². The van der Waals surface area contributed by atoms with E-state index in [0.29, 0.717) is 0 Å². The van der Waals surface area contributed by atoms with Crippen LogP contribution in [0.3, 0.4) is 0 Å². The van der Waals surface area contributed by atoms with Crippen molar-refractivity contribution in [2.24, 2.45) is 0 Å². The van der Waals surface area contributed by atoms with Crippen LogP contribution in [0.25, 0.3) is 0 Å². The van der Waals surface area contributed by atoms with E-state index < -0.39 is 0 Å². The minimum absolute atomic E-state index is 0.0377. The first kappa shape index (κ1) is 10.0. The molecule has 0 aliphatic heterocycles. The lowest BCUT2D eigenvalue weighted by atomic mass is 9.83. The van der Waals surface area contributed by atoms with Crippen molar-refractivity contribution in [1.82, 2.24) is 5.32 Å². The molecular weight excluding hydrogens is 158 g/mol. The first-order valence-electron chi connectivity index (χ1n) is 4.56. The molecule has 0 aromatic heterocycles. The van der Waals surface area contributed by atoms with E-state index in [2.05, 4.69) is 43.1 Å². The van der Waals surface area contributed by atoms with Gasteiger partial charge in [-0.05, 0) is 12.6 Å². The smallest absolute Gasteiger partial charge is 0.0226 e. The second-order valence-corrected chi connectivity index (χ2v) is 3.52. The summed E-state index contributed by atoms with van der Waals surface area (Å²) in [6, 6.07) is 10.4. The molecule has 0 spiro atoms. The monoisotopic (exact) mass is 175 g/mol. The van der Waals surface area contributed by atoms with Gasteiger partial charge >= 0.3 is 0 Å². The van der Waals surface area contributed by atoms with Crippen LogP contribution in [0.4, 0.5) is 0 Å². The summed E-state index contributed by atoms with van der Waals surface area (Å²) in [5.41, 5.74) is 1.34. The highest BCUT2D eigenvalue weighted by molar-refractivity contribution is 5.29. The highest BCUT2D eigenvalue weighted by Gasteiger charge is 2.20. The summed E-state index contributed by atoms with van der Waals surface area (Å²) < 4.78 is 0. The minimum atomic E-state index is 0.0377. The zero-order valence-corrected chi connectivity index (χ0v) is 8.38. The van der Waals surface area contributed by atoms with E-state index in [1.54, 1.807) is 0 Å². The molecule has 0 aliphatic carbocycles. The molecule has 1 nitrogen and oxygen atoms in total. The van der Waals surface area contributed by atoms with Crippen LogP contribution in [-0.2, 0) is 5.41 Å². The van der Waals surface area contributed by atoms with Crippen molar-refractivity contribution in [2.75, 3.05) is 13.6 Å². The van der Waals surface area contributed by atoms with Crippen LogP contribution in [0.1, 0.15) is 12.5 Å². The molecule has 13 heavy (non-hydrogen) atoms. The van der Waals surface area contributed by atoms with Crippen LogP contribution >= 0.6 is 0 Å². The number of benzene rings is 1. The minimum Gasteiger partial charge on any atom is -0.319 e. The number of likely N-dealkylation sites (N-methyl/N-ethyl adjacent to an activating group) is 1. The van der Waals surface area contributed by atoms with Crippen molar-refractivity contribution < 1.29 is 0 Å². The quantitative estimate of drug-likeness (QED) is 0.693. The Labute approximate surface area is 80.5 Å². The number of nitrogens with one attached hydrogen (secondary N) is 1. The van der Waals surface area contributed by atoms with Gasteiger partial charge in [0.15, 0.2) is 0 Å². The highest BCUT2D eigenvalue weighted by Crippen LogP contribution is 2.23. The van der Waals surface area contributed by atoms with Gasteiger partial charge in [-0.25, -0.2) is 0 Å². The first-order chi connectivity index (χ1) is 6.23. The van der Waals surface area contributed by atoms with Crippen molar-refractivity contribution in [1.29, 1.82) is 0 Å². The fourth-order valence-corrected chi connectivity index (χ4v) is 1.48. The summed E-state index contributed by atoms with van der Waals surface area (Å²) in [7, 11) is 1.96. The van der Waals surface area contributed by atoms with Gasteiger partial charge in [0.2, 0.25) is 0 Å². The van der Waals surface area contributed by atoms with Crippen molar-refractivity contribution >= 4 is 0 Å². The third kappa shape index (κ3) is 2.19. The molecule has 0 amide bonds. The standard InChI is InChI=1S/C12H17N/c1-4-12(2,10-13-3)11-8-6-5-7-9-11/h4-9,13H,1,10H2,2-3H3. The Bertz CT molecular complexity index is 266. The third-order valence-corrected chi connectivity index (χ3v) is 2.43. The molecule has 1 unspecified atom stereocenters. The normalized spacial score (nSPS) is 14.9. The molecular formula is C12H17N. The fraction of sp³-hybridized carbons (Fsp3) is 0.333. The zero-order chi connectivity index (χ0) is 9.73. The second kappa shape index (κ2) is 4.24. The van der Waals surface area contributed by atoms with Crippen LogP contribution in [0.15, 0.2) is 43.0 Å². The Morgan fingerprint density at radius 1 is 1.38 bits per heavy atom. The molecule has 1 aromatic rings. The molecule has 0 radical (unpaired) electrons. The third-order valence-electron chi connectivity index (χ3n) is 2.43. The molecule has 0 bridgehead atoms. The van der Waals surface area contributed by atoms with Gasteiger partial charge in [0.1, 0.15) is 0 Å². The van der Waals surface area contributed by atoms with Gasteiger partial charge in [0.25, 0.3) is 0 Å². The summed E-state index contributed by atoms with van der Waals surface area (Å²) in [5, 5.41) is 3.19. The van der Waals surface area contributed by atoms with Gasteiger partial charge < -0.3 is 5.32 Å². The predicted molar refractivity (Wildman–Crippen MR) is 57.9 cm³/mol. The molecule has 1 atom stereocenters. The molecule has 0 aliphatic rings. The summed E-state index contributed by atoms with van der Waals surface area (Å²) in [6.45, 7) is 6.99. The molecule has 0 saturated carbocycles. The first-order valence-corrected chi connectivity index (χ1v) is 4.56. The van der Waals surface area contributed by atoms with Gasteiger partial charge in [0, 0.05) is 12.0 Å². The van der Waals surface area contributed by atoms with Crippen molar-refractivity contribution in [3.8, 4) is 0 Å². The Morgan fingerprint density at radius 2 is 2.00 bits per heavy atom. The van der Waals surface area contributed by atoms with Gasteiger partial charge in [-0.2, -0.15) is 0 Å². The molecule has 0 heterocycles. The summed E-state index contributed by atoms with van der Waals surface area (Å²) >= 11 is 0. The van der Waals surface area contributed by atoms with Crippen LogP contribution in [0.2, 0.25) is 0 Å². The van der Waals surface area contributed by atoms with E-state index in [-0.39, 0.29) is 5.41 Å². The summed E-state index contributed by atoms with van der Waals surface area (Å²) in [5.74, 6) is 0. The molecule has 1 N–H and O–H groups in total. The summed E-state index contributed by atoms with van der Waals surface area (Å²) in [4.78, 5) is 0. The summed E-state index contributed by atoms with van der Waals surface area (Å²) in [6.07, 6.45) is 2.00. The SMILES string of the molecule is C=CC(C)(CNC)c1ccccc1. The van der Waals surface area contributed by atoms with Crippen LogP contribution in [0, 0.1) is 0 Å². The highest BCUT2D eigenvalue weighted by atomic mass is 14.8. The molecule has 1 rings (SSSR count). The molecule has 0 fully saturated rings. The molecule has 1 aromatic carbocycles. The Hall–Kier alpha value is -1.08. The predicted octanol–water partition coefficient (Wildman–Crippen LogP) is 2.35. The number of rotatable bonds is 4. The van der Waals surface area contributed by atoms with Gasteiger partial charge in [0.05, 0.1) is 0 Å². The average molecular weight is 175 g/mol. The number of hydrogen-bond donors (Lipinski definition) is 1. The van der Waals surface area contributed by atoms with Gasteiger partial charge in [-0.15, -0.1) is 6.58 Å². The van der Waals surface area contributed by atoms with Crippen LogP contribution < -0.4 is 5.32 Å². The number of hydrogen-bond acceptors (Lipinski definition) is 1. The van der Waals surface area contributed by atoms with Crippen LogP contribution in [0.5, 0.6) is 0 Å². The largest absolute Gasteiger partial charge is 0.319 e. The lowest BCUT2D eigenvalue weighted by Gasteiger charge is -2.25. The topological polar surface area (TPSA) is 12.0 Å². The van der Waals surface area contributed by atoms with E-state index in [1.165, 1.54) is 5.56 Å².